The van der Waals surface area contributed by atoms with Gasteiger partial charge < -0.3 is 9.88 Å². The molecule has 0 aliphatic carbocycles. The molecule has 1 aliphatic heterocycles. The highest BCUT2D eigenvalue weighted by Gasteiger charge is 2.20. The van der Waals surface area contributed by atoms with Crippen LogP contribution in [0, 0.1) is 0 Å². The van der Waals surface area contributed by atoms with Gasteiger partial charge in [-0.15, -0.1) is 0 Å². The average molecular weight is 338 g/mol. The van der Waals surface area contributed by atoms with Crippen LogP contribution in [0.4, 0.5) is 5.69 Å². The molecular weight excluding hydrogens is 325 g/mol. The number of hydrazone groups is 1. The number of hydrogen-bond acceptors (Lipinski definition) is 4. The third kappa shape index (κ3) is 2.93. The molecule has 1 amide bonds. The Morgan fingerprint density at radius 1 is 1.32 bits per heavy atom. The van der Waals surface area contributed by atoms with Crippen molar-refractivity contribution in [3.05, 3.63) is 46.5 Å². The number of carbonyl (C=O) groups is 1. The van der Waals surface area contributed by atoms with Crippen molar-refractivity contribution in [1.82, 2.24) is 14.9 Å². The topological polar surface area (TPSA) is 62.5 Å². The summed E-state index contributed by atoms with van der Waals surface area (Å²) < 4.78 is 1.65. The zero-order valence-electron chi connectivity index (χ0n) is 11.8. The Hall–Kier alpha value is -2.05. The van der Waals surface area contributed by atoms with Crippen molar-refractivity contribution in [1.29, 1.82) is 0 Å². The molecule has 6 nitrogen and oxygen atoms in total. The molecule has 0 spiro atoms. The van der Waals surface area contributed by atoms with E-state index in [1.807, 2.05) is 6.07 Å². The van der Waals surface area contributed by atoms with Gasteiger partial charge in [-0.3, -0.25) is 9.80 Å². The highest BCUT2D eigenvalue weighted by Crippen LogP contribution is 2.28. The normalized spacial score (nSPS) is 14.1. The van der Waals surface area contributed by atoms with E-state index in [1.54, 1.807) is 41.2 Å². The fourth-order valence-corrected chi connectivity index (χ4v) is 2.44. The van der Waals surface area contributed by atoms with Crippen LogP contribution in [0.1, 0.15) is 17.0 Å². The van der Waals surface area contributed by atoms with Gasteiger partial charge in [-0.2, -0.15) is 5.10 Å². The van der Waals surface area contributed by atoms with Crippen molar-refractivity contribution >= 4 is 40.6 Å². The maximum atomic E-state index is 12.1. The maximum Gasteiger partial charge on any atom is 0.292 e. The standard InChI is InChI=1S/C14H13Cl2N5O/c1-20-7-5-17-13(20)14(22)18-12-4-6-21(19-12)9-2-3-10(15)11(16)8-9/h2-3,5,7-8H,4,6H2,1H3,(H,18,19,22). The lowest BCUT2D eigenvalue weighted by atomic mass is 10.3. The van der Waals surface area contributed by atoms with Crippen LogP contribution in [0.15, 0.2) is 35.7 Å². The summed E-state index contributed by atoms with van der Waals surface area (Å²) in [6.07, 6.45) is 3.93. The number of imidazole rings is 1. The molecule has 0 atom stereocenters. The van der Waals surface area contributed by atoms with Crippen molar-refractivity contribution in [2.75, 3.05) is 11.6 Å². The number of benzene rings is 1. The summed E-state index contributed by atoms with van der Waals surface area (Å²) in [6.45, 7) is 0.661. The predicted octanol–water partition coefficient (Wildman–Crippen LogP) is 2.68. The van der Waals surface area contributed by atoms with E-state index in [2.05, 4.69) is 15.4 Å². The summed E-state index contributed by atoms with van der Waals surface area (Å²) in [5, 5.41) is 9.91. The predicted molar refractivity (Wildman–Crippen MR) is 86.5 cm³/mol. The monoisotopic (exact) mass is 337 g/mol. The summed E-state index contributed by atoms with van der Waals surface area (Å²) >= 11 is 11.9. The minimum Gasteiger partial charge on any atom is -0.330 e. The van der Waals surface area contributed by atoms with Crippen LogP contribution in [0.2, 0.25) is 10.0 Å². The van der Waals surface area contributed by atoms with Gasteiger partial charge in [0.2, 0.25) is 0 Å². The fourth-order valence-electron chi connectivity index (χ4n) is 2.15. The van der Waals surface area contributed by atoms with Crippen LogP contribution in [-0.4, -0.2) is 27.8 Å². The number of halogens is 2. The van der Waals surface area contributed by atoms with E-state index in [1.165, 1.54) is 0 Å². The van der Waals surface area contributed by atoms with Crippen molar-refractivity contribution in [2.24, 2.45) is 12.1 Å². The van der Waals surface area contributed by atoms with Gasteiger partial charge in [0, 0.05) is 32.4 Å². The van der Waals surface area contributed by atoms with Crippen LogP contribution >= 0.6 is 23.2 Å². The van der Waals surface area contributed by atoms with E-state index in [4.69, 9.17) is 23.2 Å². The van der Waals surface area contributed by atoms with Gasteiger partial charge in [-0.05, 0) is 18.2 Å². The van der Waals surface area contributed by atoms with Crippen molar-refractivity contribution in [3.8, 4) is 0 Å². The maximum absolute atomic E-state index is 12.1. The van der Waals surface area contributed by atoms with Crippen LogP contribution < -0.4 is 10.3 Å². The van der Waals surface area contributed by atoms with Crippen molar-refractivity contribution < 1.29 is 4.79 Å². The molecule has 0 saturated heterocycles. The van der Waals surface area contributed by atoms with Gasteiger partial charge in [0.1, 0.15) is 5.84 Å². The molecule has 22 heavy (non-hydrogen) atoms. The number of carbonyl (C=O) groups excluding carboxylic acids is 1. The SMILES string of the molecule is Cn1ccnc1C(=O)NC1=NN(c2ccc(Cl)c(Cl)c2)CC1. The molecule has 0 unspecified atom stereocenters. The second-order valence-corrected chi connectivity index (χ2v) is 5.65. The zero-order chi connectivity index (χ0) is 15.7. The lowest BCUT2D eigenvalue weighted by Crippen LogP contribution is -2.31. The second-order valence-electron chi connectivity index (χ2n) is 4.83. The number of anilines is 1. The summed E-state index contributed by atoms with van der Waals surface area (Å²) in [6, 6.07) is 5.30. The van der Waals surface area contributed by atoms with Gasteiger partial charge in [0.05, 0.1) is 15.7 Å². The minimum atomic E-state index is -0.276. The van der Waals surface area contributed by atoms with Crippen LogP contribution in [-0.2, 0) is 7.05 Å². The Labute approximate surface area is 137 Å². The molecule has 0 saturated carbocycles. The Morgan fingerprint density at radius 3 is 2.82 bits per heavy atom. The molecule has 0 radical (unpaired) electrons. The first kappa shape index (κ1) is 14.9. The molecule has 8 heteroatoms. The van der Waals surface area contributed by atoms with Gasteiger partial charge in [0.15, 0.2) is 5.82 Å². The third-order valence-electron chi connectivity index (χ3n) is 3.29. The Morgan fingerprint density at radius 2 is 2.14 bits per heavy atom. The molecule has 2 heterocycles. The summed E-state index contributed by atoms with van der Waals surface area (Å²) in [5.74, 6) is 0.664. The average Bonchev–Trinajstić information content (AvgIpc) is 3.11. The largest absolute Gasteiger partial charge is 0.330 e. The Balaban J connectivity index is 1.73. The number of aryl methyl sites for hydroxylation is 1. The van der Waals surface area contributed by atoms with E-state index in [-0.39, 0.29) is 5.91 Å². The van der Waals surface area contributed by atoms with Gasteiger partial charge in [-0.25, -0.2) is 4.98 Å². The summed E-state index contributed by atoms with van der Waals surface area (Å²) in [7, 11) is 1.76. The first-order chi connectivity index (χ1) is 10.5. The van der Waals surface area contributed by atoms with E-state index < -0.39 is 0 Å². The molecule has 114 valence electrons. The van der Waals surface area contributed by atoms with E-state index >= 15 is 0 Å². The van der Waals surface area contributed by atoms with Gasteiger partial charge in [-0.1, -0.05) is 23.2 Å². The van der Waals surface area contributed by atoms with E-state index in [0.29, 0.717) is 34.7 Å². The highest BCUT2D eigenvalue weighted by molar-refractivity contribution is 6.42. The summed E-state index contributed by atoms with van der Waals surface area (Å²) in [4.78, 5) is 16.1. The van der Waals surface area contributed by atoms with Gasteiger partial charge >= 0.3 is 0 Å². The molecule has 3 rings (SSSR count). The van der Waals surface area contributed by atoms with Gasteiger partial charge in [0.25, 0.3) is 5.91 Å². The molecular formula is C14H13Cl2N5O. The third-order valence-corrected chi connectivity index (χ3v) is 4.02. The molecule has 1 aromatic heterocycles. The van der Waals surface area contributed by atoms with E-state index in [0.717, 1.165) is 5.69 Å². The summed E-state index contributed by atoms with van der Waals surface area (Å²) in [5.41, 5.74) is 0.829. The molecule has 0 bridgehead atoms. The number of rotatable bonds is 2. The Bertz CT molecular complexity index is 755. The second kappa shape index (κ2) is 5.98. The van der Waals surface area contributed by atoms with Crippen molar-refractivity contribution in [3.63, 3.8) is 0 Å². The lowest BCUT2D eigenvalue weighted by Gasteiger charge is -2.13. The number of aromatic nitrogens is 2. The zero-order valence-corrected chi connectivity index (χ0v) is 13.3. The number of nitrogens with one attached hydrogen (secondary N) is 1. The highest BCUT2D eigenvalue weighted by atomic mass is 35.5. The lowest BCUT2D eigenvalue weighted by molar-refractivity contribution is 0.0963. The molecule has 1 aromatic carbocycles. The van der Waals surface area contributed by atoms with Crippen LogP contribution in [0.25, 0.3) is 0 Å². The van der Waals surface area contributed by atoms with E-state index in [9.17, 15) is 4.79 Å². The first-order valence-corrected chi connectivity index (χ1v) is 7.39. The molecule has 1 N–H and O–H groups in total. The first-order valence-electron chi connectivity index (χ1n) is 6.63. The molecule has 0 fully saturated rings. The minimum absolute atomic E-state index is 0.276. The van der Waals surface area contributed by atoms with Crippen LogP contribution in [0.3, 0.4) is 0 Å². The van der Waals surface area contributed by atoms with Crippen LogP contribution in [0.5, 0.6) is 0 Å². The quantitative estimate of drug-likeness (QED) is 0.916. The Kier molecular flexibility index (Phi) is 4.04. The molecule has 2 aromatic rings. The number of amidine groups is 1. The fraction of sp³-hybridized carbons (Fsp3) is 0.214. The number of nitrogens with zero attached hydrogens (tertiary/aromatic N) is 4. The smallest absolute Gasteiger partial charge is 0.292 e. The number of hydrogen-bond donors (Lipinski definition) is 1. The molecule has 1 aliphatic rings. The van der Waals surface area contributed by atoms with Crippen molar-refractivity contribution in [2.45, 2.75) is 6.42 Å². The number of amides is 1.